The van der Waals surface area contributed by atoms with Gasteiger partial charge in [-0.3, -0.25) is 9.59 Å². The molecular weight excluding hydrogens is 266 g/mol. The van der Waals surface area contributed by atoms with Gasteiger partial charge in [0.1, 0.15) is 0 Å². The summed E-state index contributed by atoms with van der Waals surface area (Å²) >= 11 is 0. The Bertz CT molecular complexity index is 646. The Morgan fingerprint density at radius 1 is 1.14 bits per heavy atom. The Morgan fingerprint density at radius 2 is 1.86 bits per heavy atom. The second-order valence-electron chi connectivity index (χ2n) is 5.19. The molecule has 0 spiro atoms. The van der Waals surface area contributed by atoms with Crippen LogP contribution in [0.15, 0.2) is 42.5 Å². The van der Waals surface area contributed by atoms with Crippen molar-refractivity contribution >= 4 is 22.6 Å². The third-order valence-corrected chi connectivity index (χ3v) is 3.55. The Kier molecular flexibility index (Phi) is 4.93. The van der Waals surface area contributed by atoms with Crippen molar-refractivity contribution in [2.75, 3.05) is 6.54 Å². The molecule has 0 fully saturated rings. The molecule has 0 aliphatic heterocycles. The first-order valence-electron chi connectivity index (χ1n) is 7.04. The molecule has 4 heteroatoms. The Labute approximate surface area is 123 Å². The van der Waals surface area contributed by atoms with Crippen LogP contribution in [0, 0.1) is 5.92 Å². The number of carboxylic acids is 1. The van der Waals surface area contributed by atoms with E-state index in [-0.39, 0.29) is 5.91 Å². The van der Waals surface area contributed by atoms with Gasteiger partial charge in [-0.15, -0.1) is 0 Å². The Hall–Kier alpha value is -2.36. The van der Waals surface area contributed by atoms with E-state index in [2.05, 4.69) is 5.32 Å². The van der Waals surface area contributed by atoms with Crippen molar-refractivity contribution in [2.45, 2.75) is 19.8 Å². The molecule has 0 bridgehead atoms. The minimum atomic E-state index is -0.835. The molecule has 0 saturated carbocycles. The maximum atomic E-state index is 11.9. The van der Waals surface area contributed by atoms with Gasteiger partial charge in [0.15, 0.2) is 0 Å². The fourth-order valence-electron chi connectivity index (χ4n) is 2.23. The normalized spacial score (nSPS) is 12.0. The number of carbonyl (C=O) groups excluding carboxylic acids is 1. The van der Waals surface area contributed by atoms with Gasteiger partial charge >= 0.3 is 5.97 Å². The average Bonchev–Trinajstić information content (AvgIpc) is 2.47. The van der Waals surface area contributed by atoms with E-state index < -0.39 is 11.9 Å². The Balaban J connectivity index is 1.94. The van der Waals surface area contributed by atoms with Crippen LogP contribution < -0.4 is 5.32 Å². The summed E-state index contributed by atoms with van der Waals surface area (Å²) in [6.07, 6.45) is 0.749. The zero-order chi connectivity index (χ0) is 15.2. The van der Waals surface area contributed by atoms with Gasteiger partial charge in [-0.05, 0) is 22.8 Å². The quantitative estimate of drug-likeness (QED) is 0.857. The second-order valence-corrected chi connectivity index (χ2v) is 5.19. The van der Waals surface area contributed by atoms with Crippen molar-refractivity contribution in [3.05, 3.63) is 48.0 Å². The lowest BCUT2D eigenvalue weighted by molar-refractivity contribution is -0.141. The number of amides is 1. The highest BCUT2D eigenvalue weighted by molar-refractivity contribution is 5.90. The van der Waals surface area contributed by atoms with Gasteiger partial charge in [0, 0.05) is 6.54 Å². The highest BCUT2D eigenvalue weighted by Crippen LogP contribution is 2.18. The summed E-state index contributed by atoms with van der Waals surface area (Å²) in [5.74, 6) is -1.36. The van der Waals surface area contributed by atoms with Crippen LogP contribution in [0.1, 0.15) is 18.9 Å². The number of nitrogens with one attached hydrogen (secondary N) is 1. The molecule has 0 aliphatic carbocycles. The summed E-state index contributed by atoms with van der Waals surface area (Å²) in [4.78, 5) is 22.6. The molecule has 110 valence electrons. The molecular formula is C17H19NO3. The van der Waals surface area contributed by atoms with Crippen LogP contribution in [-0.4, -0.2) is 23.5 Å². The van der Waals surface area contributed by atoms with Crippen LogP contribution in [-0.2, 0) is 16.0 Å². The number of fused-ring (bicyclic) bond motifs is 1. The minimum Gasteiger partial charge on any atom is -0.481 e. The molecule has 0 heterocycles. The zero-order valence-electron chi connectivity index (χ0n) is 12.0. The number of aliphatic carboxylic acids is 1. The van der Waals surface area contributed by atoms with E-state index in [0.29, 0.717) is 19.4 Å². The average molecular weight is 285 g/mol. The number of rotatable bonds is 6. The highest BCUT2D eigenvalue weighted by Gasteiger charge is 2.11. The fraction of sp³-hybridized carbons (Fsp3) is 0.294. The first-order valence-corrected chi connectivity index (χ1v) is 7.04. The number of benzene rings is 2. The molecule has 4 nitrogen and oxygen atoms in total. The molecule has 21 heavy (non-hydrogen) atoms. The molecule has 0 aromatic heterocycles. The molecule has 1 atom stereocenters. The van der Waals surface area contributed by atoms with Gasteiger partial charge in [-0.25, -0.2) is 0 Å². The van der Waals surface area contributed by atoms with Crippen LogP contribution in [0.4, 0.5) is 0 Å². The molecule has 2 aromatic rings. The van der Waals surface area contributed by atoms with E-state index in [0.717, 1.165) is 16.3 Å². The SMILES string of the molecule is CC(CCNC(=O)Cc1cccc2ccccc12)C(=O)O. The van der Waals surface area contributed by atoms with Crippen LogP contribution in [0.2, 0.25) is 0 Å². The lowest BCUT2D eigenvalue weighted by Gasteiger charge is -2.09. The van der Waals surface area contributed by atoms with Crippen LogP contribution >= 0.6 is 0 Å². The lowest BCUT2D eigenvalue weighted by atomic mass is 10.0. The standard InChI is InChI=1S/C17H19NO3/c1-12(17(20)21)9-10-18-16(19)11-14-7-4-6-13-5-2-3-8-15(13)14/h2-8,12H,9-11H2,1H3,(H,18,19)(H,20,21). The van der Waals surface area contributed by atoms with E-state index in [4.69, 9.17) is 5.11 Å². The minimum absolute atomic E-state index is 0.0797. The molecule has 0 aliphatic rings. The predicted molar refractivity (Wildman–Crippen MR) is 82.1 cm³/mol. The third-order valence-electron chi connectivity index (χ3n) is 3.55. The largest absolute Gasteiger partial charge is 0.481 e. The van der Waals surface area contributed by atoms with Crippen molar-refractivity contribution in [3.8, 4) is 0 Å². The number of carbonyl (C=O) groups is 2. The van der Waals surface area contributed by atoms with Crippen molar-refractivity contribution < 1.29 is 14.7 Å². The topological polar surface area (TPSA) is 66.4 Å². The van der Waals surface area contributed by atoms with Crippen molar-refractivity contribution in [2.24, 2.45) is 5.92 Å². The summed E-state index contributed by atoms with van der Waals surface area (Å²) in [5.41, 5.74) is 0.983. The molecule has 1 unspecified atom stereocenters. The van der Waals surface area contributed by atoms with E-state index in [1.54, 1.807) is 6.92 Å². The Morgan fingerprint density at radius 3 is 2.62 bits per heavy atom. The molecule has 2 rings (SSSR count). The predicted octanol–water partition coefficient (Wildman–Crippen LogP) is 2.61. The summed E-state index contributed by atoms with van der Waals surface area (Å²) in [6.45, 7) is 2.02. The monoisotopic (exact) mass is 285 g/mol. The van der Waals surface area contributed by atoms with Gasteiger partial charge in [0.2, 0.25) is 5.91 Å². The van der Waals surface area contributed by atoms with Crippen LogP contribution in [0.5, 0.6) is 0 Å². The first-order chi connectivity index (χ1) is 10.1. The van der Waals surface area contributed by atoms with Crippen molar-refractivity contribution in [1.82, 2.24) is 5.32 Å². The van der Waals surface area contributed by atoms with Gasteiger partial charge < -0.3 is 10.4 Å². The molecule has 2 aromatic carbocycles. The number of carboxylic acid groups (broad SMARTS) is 1. The smallest absolute Gasteiger partial charge is 0.306 e. The van der Waals surface area contributed by atoms with Crippen LogP contribution in [0.3, 0.4) is 0 Å². The number of hydrogen-bond acceptors (Lipinski definition) is 2. The maximum absolute atomic E-state index is 11.9. The van der Waals surface area contributed by atoms with Gasteiger partial charge in [-0.1, -0.05) is 49.4 Å². The maximum Gasteiger partial charge on any atom is 0.306 e. The van der Waals surface area contributed by atoms with Crippen molar-refractivity contribution in [3.63, 3.8) is 0 Å². The third kappa shape index (κ3) is 4.05. The lowest BCUT2D eigenvalue weighted by Crippen LogP contribution is -2.28. The van der Waals surface area contributed by atoms with Gasteiger partial charge in [0.05, 0.1) is 12.3 Å². The summed E-state index contributed by atoms with van der Waals surface area (Å²) in [7, 11) is 0. The molecule has 0 radical (unpaired) electrons. The first kappa shape index (κ1) is 15.0. The number of hydrogen-bond donors (Lipinski definition) is 2. The zero-order valence-corrected chi connectivity index (χ0v) is 12.0. The van der Waals surface area contributed by atoms with E-state index in [1.807, 2.05) is 42.5 Å². The van der Waals surface area contributed by atoms with E-state index in [9.17, 15) is 9.59 Å². The van der Waals surface area contributed by atoms with Gasteiger partial charge in [0.25, 0.3) is 0 Å². The summed E-state index contributed by atoms with van der Waals surface area (Å²) in [5, 5.41) is 13.8. The summed E-state index contributed by atoms with van der Waals surface area (Å²) in [6, 6.07) is 13.9. The molecule has 1 amide bonds. The van der Waals surface area contributed by atoms with Crippen LogP contribution in [0.25, 0.3) is 10.8 Å². The van der Waals surface area contributed by atoms with E-state index >= 15 is 0 Å². The van der Waals surface area contributed by atoms with Crippen molar-refractivity contribution in [1.29, 1.82) is 0 Å². The summed E-state index contributed by atoms with van der Waals surface area (Å²) < 4.78 is 0. The fourth-order valence-corrected chi connectivity index (χ4v) is 2.23. The highest BCUT2D eigenvalue weighted by atomic mass is 16.4. The van der Waals surface area contributed by atoms with E-state index in [1.165, 1.54) is 0 Å². The van der Waals surface area contributed by atoms with Gasteiger partial charge in [-0.2, -0.15) is 0 Å². The molecule has 2 N–H and O–H groups in total. The molecule has 0 saturated heterocycles. The second kappa shape index (κ2) is 6.88.